The molecule has 96 valence electrons. The van der Waals surface area contributed by atoms with Crippen molar-refractivity contribution in [3.63, 3.8) is 0 Å². The van der Waals surface area contributed by atoms with Crippen LogP contribution < -0.4 is 0 Å². The summed E-state index contributed by atoms with van der Waals surface area (Å²) in [6.45, 7) is 2.08. The summed E-state index contributed by atoms with van der Waals surface area (Å²) in [4.78, 5) is 25.6. The number of carbonyl (C=O) groups excluding carboxylic acids is 2. The third kappa shape index (κ3) is 2.30. The largest absolute Gasteiger partial charge is 0.349 e. The van der Waals surface area contributed by atoms with Crippen LogP contribution >= 0.6 is 0 Å². The maximum atomic E-state index is 12.1. The van der Waals surface area contributed by atoms with Gasteiger partial charge < -0.3 is 4.90 Å². The van der Waals surface area contributed by atoms with Crippen LogP contribution in [0.25, 0.3) is 0 Å². The minimum Gasteiger partial charge on any atom is -0.349 e. The molecule has 3 heteroatoms. The van der Waals surface area contributed by atoms with Crippen molar-refractivity contribution < 1.29 is 9.59 Å². The molecule has 0 heterocycles. The Bertz CT molecular complexity index is 491. The molecular weight excluding hydrogens is 226 g/mol. The highest BCUT2D eigenvalue weighted by molar-refractivity contribution is 6.01. The van der Waals surface area contributed by atoms with Crippen molar-refractivity contribution in [3.8, 4) is 0 Å². The number of rotatable bonds is 2. The molecule has 2 rings (SSSR count). The van der Waals surface area contributed by atoms with Crippen molar-refractivity contribution in [2.45, 2.75) is 26.2 Å². The summed E-state index contributed by atoms with van der Waals surface area (Å²) < 4.78 is 0. The second kappa shape index (κ2) is 4.92. The van der Waals surface area contributed by atoms with E-state index in [1.54, 1.807) is 19.0 Å². The van der Waals surface area contributed by atoms with Crippen LogP contribution in [-0.2, 0) is 17.6 Å². The fraction of sp³-hybridized carbons (Fsp3) is 0.467. The minimum atomic E-state index is -0.188. The normalized spacial score (nSPS) is 18.4. The Balaban J connectivity index is 2.30. The van der Waals surface area contributed by atoms with Crippen molar-refractivity contribution in [1.29, 1.82) is 0 Å². The summed E-state index contributed by atoms with van der Waals surface area (Å²) in [5, 5.41) is 0. The lowest BCUT2D eigenvalue weighted by atomic mass is 9.81. The Morgan fingerprint density at radius 3 is 2.67 bits per heavy atom. The predicted molar refractivity (Wildman–Crippen MR) is 70.7 cm³/mol. The second-order valence-corrected chi connectivity index (χ2v) is 5.11. The van der Waals surface area contributed by atoms with Gasteiger partial charge in [0.2, 0.25) is 5.91 Å². The zero-order chi connectivity index (χ0) is 13.3. The summed E-state index contributed by atoms with van der Waals surface area (Å²) in [6, 6.07) is 6.03. The fourth-order valence-corrected chi connectivity index (χ4v) is 2.49. The smallest absolute Gasteiger partial charge is 0.225 e. The first-order valence-electron chi connectivity index (χ1n) is 6.39. The van der Waals surface area contributed by atoms with E-state index in [0.717, 1.165) is 17.5 Å². The van der Waals surface area contributed by atoms with Crippen LogP contribution in [0.3, 0.4) is 0 Å². The first kappa shape index (κ1) is 12.8. The number of ketones is 1. The quantitative estimate of drug-likeness (QED) is 0.800. The summed E-state index contributed by atoms with van der Waals surface area (Å²) in [6.07, 6.45) is 1.96. The molecule has 1 aromatic carbocycles. The number of amides is 1. The van der Waals surface area contributed by atoms with Gasteiger partial charge in [0.05, 0.1) is 0 Å². The number of hydrogen-bond donors (Lipinski definition) is 0. The molecule has 0 fully saturated rings. The van der Waals surface area contributed by atoms with Crippen molar-refractivity contribution in [1.82, 2.24) is 4.90 Å². The average molecular weight is 245 g/mol. The number of hydrogen-bond acceptors (Lipinski definition) is 2. The first-order chi connectivity index (χ1) is 8.52. The van der Waals surface area contributed by atoms with Gasteiger partial charge in [-0.2, -0.15) is 0 Å². The van der Waals surface area contributed by atoms with Gasteiger partial charge in [-0.25, -0.2) is 0 Å². The van der Waals surface area contributed by atoms with Gasteiger partial charge in [0.15, 0.2) is 5.78 Å². The molecule has 1 aromatic rings. The van der Waals surface area contributed by atoms with Crippen molar-refractivity contribution in [2.24, 2.45) is 5.92 Å². The van der Waals surface area contributed by atoms with Crippen molar-refractivity contribution in [2.75, 3.05) is 14.1 Å². The Morgan fingerprint density at radius 2 is 2.06 bits per heavy atom. The number of Topliss-reactive ketones (excluding diaryl/α,β-unsaturated/α-hetero) is 1. The van der Waals surface area contributed by atoms with E-state index >= 15 is 0 Å². The molecule has 3 nitrogen and oxygen atoms in total. The third-order valence-corrected chi connectivity index (χ3v) is 3.57. The molecule has 1 amide bonds. The topological polar surface area (TPSA) is 37.4 Å². The summed E-state index contributed by atoms with van der Waals surface area (Å²) in [5.41, 5.74) is 3.01. The van der Waals surface area contributed by atoms with Gasteiger partial charge >= 0.3 is 0 Å². The van der Waals surface area contributed by atoms with Crippen LogP contribution in [0.15, 0.2) is 18.2 Å². The molecular formula is C15H19NO2. The fourth-order valence-electron chi connectivity index (χ4n) is 2.49. The number of nitrogens with zero attached hydrogens (tertiary/aromatic N) is 1. The lowest BCUT2D eigenvalue weighted by molar-refractivity contribution is -0.132. The van der Waals surface area contributed by atoms with E-state index in [1.807, 2.05) is 12.1 Å². The monoisotopic (exact) mass is 245 g/mol. The van der Waals surface area contributed by atoms with Gasteiger partial charge in [-0.1, -0.05) is 19.1 Å². The maximum Gasteiger partial charge on any atom is 0.225 e. The van der Waals surface area contributed by atoms with E-state index < -0.39 is 0 Å². The number of benzene rings is 1. The highest BCUT2D eigenvalue weighted by Crippen LogP contribution is 2.27. The van der Waals surface area contributed by atoms with Gasteiger partial charge in [0.25, 0.3) is 0 Å². The molecule has 1 atom stereocenters. The first-order valence-corrected chi connectivity index (χ1v) is 6.39. The molecule has 0 radical (unpaired) electrons. The molecule has 1 aliphatic rings. The Hall–Kier alpha value is -1.64. The third-order valence-electron chi connectivity index (χ3n) is 3.57. The van der Waals surface area contributed by atoms with Gasteiger partial charge in [-0.15, -0.1) is 0 Å². The van der Waals surface area contributed by atoms with E-state index in [4.69, 9.17) is 0 Å². The summed E-state index contributed by atoms with van der Waals surface area (Å²) >= 11 is 0. The van der Waals surface area contributed by atoms with Crippen LogP contribution in [0.2, 0.25) is 0 Å². The average Bonchev–Trinajstić information content (AvgIpc) is 2.37. The molecule has 0 saturated heterocycles. The minimum absolute atomic E-state index is 0.0496. The van der Waals surface area contributed by atoms with E-state index in [9.17, 15) is 9.59 Å². The number of fused-ring (bicyclic) bond motifs is 1. The molecule has 0 aliphatic heterocycles. The van der Waals surface area contributed by atoms with Gasteiger partial charge in [-0.05, 0) is 30.0 Å². The van der Waals surface area contributed by atoms with Gasteiger partial charge in [0.1, 0.15) is 0 Å². The molecule has 0 saturated carbocycles. The number of carbonyl (C=O) groups is 2. The van der Waals surface area contributed by atoms with Crippen LogP contribution in [0, 0.1) is 5.92 Å². The molecule has 0 spiro atoms. The van der Waals surface area contributed by atoms with Crippen LogP contribution in [0.4, 0.5) is 0 Å². The maximum absolute atomic E-state index is 12.1. The molecule has 1 aliphatic carbocycles. The highest BCUT2D eigenvalue weighted by atomic mass is 16.2. The molecule has 1 unspecified atom stereocenters. The van der Waals surface area contributed by atoms with Gasteiger partial charge in [0, 0.05) is 32.0 Å². The molecule has 0 aromatic heterocycles. The van der Waals surface area contributed by atoms with Crippen LogP contribution in [0.5, 0.6) is 0 Å². The number of aryl methyl sites for hydroxylation is 1. The highest BCUT2D eigenvalue weighted by Gasteiger charge is 2.30. The van der Waals surface area contributed by atoms with E-state index in [0.29, 0.717) is 12.8 Å². The van der Waals surface area contributed by atoms with Crippen molar-refractivity contribution in [3.05, 3.63) is 34.9 Å². The summed E-state index contributed by atoms with van der Waals surface area (Å²) in [5.74, 6) is -0.0344. The lowest BCUT2D eigenvalue weighted by Crippen LogP contribution is -2.35. The van der Waals surface area contributed by atoms with E-state index in [2.05, 4.69) is 13.0 Å². The Morgan fingerprint density at radius 1 is 1.33 bits per heavy atom. The predicted octanol–water partition coefficient (Wildman–Crippen LogP) is 2.08. The van der Waals surface area contributed by atoms with E-state index in [-0.39, 0.29) is 17.6 Å². The van der Waals surface area contributed by atoms with Crippen LogP contribution in [-0.4, -0.2) is 30.7 Å². The standard InChI is InChI=1S/C15H19NO2/c1-4-10-5-6-11-8-12(15(18)16(2)3)9-14(17)13(11)7-10/h5-7,12H,4,8-9H2,1-3H3. The Labute approximate surface area is 108 Å². The second-order valence-electron chi connectivity index (χ2n) is 5.11. The Kier molecular flexibility index (Phi) is 3.50. The van der Waals surface area contributed by atoms with Crippen molar-refractivity contribution >= 4 is 11.7 Å². The molecule has 0 bridgehead atoms. The zero-order valence-electron chi connectivity index (χ0n) is 11.2. The van der Waals surface area contributed by atoms with Gasteiger partial charge in [-0.3, -0.25) is 9.59 Å². The summed E-state index contributed by atoms with van der Waals surface area (Å²) in [7, 11) is 3.48. The van der Waals surface area contributed by atoms with E-state index in [1.165, 1.54) is 5.56 Å². The molecule has 18 heavy (non-hydrogen) atoms. The van der Waals surface area contributed by atoms with Crippen LogP contribution in [0.1, 0.15) is 34.8 Å². The zero-order valence-corrected chi connectivity index (χ0v) is 11.2. The lowest BCUT2D eigenvalue weighted by Gasteiger charge is -2.25. The SMILES string of the molecule is CCc1ccc2c(c1)C(=O)CC(C(=O)N(C)C)C2. The molecule has 0 N–H and O–H groups in total.